The molecular weight excluding hydrogens is 270 g/mol. The van der Waals surface area contributed by atoms with Crippen molar-refractivity contribution < 1.29 is 9.59 Å². The summed E-state index contributed by atoms with van der Waals surface area (Å²) in [6.45, 7) is 6.75. The molecule has 0 radical (unpaired) electrons. The van der Waals surface area contributed by atoms with Gasteiger partial charge in [0.05, 0.1) is 6.54 Å². The molecular formula is C14H21N5O2. The molecule has 21 heavy (non-hydrogen) atoms. The number of amides is 2. The summed E-state index contributed by atoms with van der Waals surface area (Å²) in [7, 11) is 0. The molecule has 1 saturated heterocycles. The van der Waals surface area contributed by atoms with Gasteiger partial charge in [-0.2, -0.15) is 4.98 Å². The lowest BCUT2D eigenvalue weighted by molar-refractivity contribution is -0.132. The van der Waals surface area contributed by atoms with E-state index in [1.807, 2.05) is 13.8 Å². The summed E-state index contributed by atoms with van der Waals surface area (Å²) in [5.41, 5.74) is 0.798. The highest BCUT2D eigenvalue weighted by atomic mass is 16.2. The second kappa shape index (κ2) is 6.51. The zero-order valence-corrected chi connectivity index (χ0v) is 12.6. The molecule has 2 heterocycles. The van der Waals surface area contributed by atoms with E-state index in [2.05, 4.69) is 27.5 Å². The second-order valence-electron chi connectivity index (χ2n) is 5.08. The van der Waals surface area contributed by atoms with Crippen LogP contribution in [-0.4, -0.2) is 40.9 Å². The van der Waals surface area contributed by atoms with E-state index in [-0.39, 0.29) is 24.4 Å². The molecule has 0 bridgehead atoms. The van der Waals surface area contributed by atoms with Crippen LogP contribution in [0.15, 0.2) is 6.07 Å². The minimum Gasteiger partial charge on any atom is -0.354 e. The largest absolute Gasteiger partial charge is 0.354 e. The zero-order valence-electron chi connectivity index (χ0n) is 12.6. The standard InChI is InChI=1S/C14H21N5O2/c1-4-6-15-14-16-9(3)7-11(17-14)19-8-12(20)18-13(21)10(19)5-2/h7,10H,4-6,8H2,1-3H3,(H,15,16,17)(H,18,20,21). The predicted molar refractivity (Wildman–Crippen MR) is 80.1 cm³/mol. The molecule has 1 aliphatic rings. The van der Waals surface area contributed by atoms with E-state index in [0.29, 0.717) is 18.2 Å². The Morgan fingerprint density at radius 3 is 2.81 bits per heavy atom. The van der Waals surface area contributed by atoms with Crippen LogP contribution in [0.4, 0.5) is 11.8 Å². The first-order valence-corrected chi connectivity index (χ1v) is 7.25. The summed E-state index contributed by atoms with van der Waals surface area (Å²) in [6, 6.07) is 1.42. The van der Waals surface area contributed by atoms with Crippen molar-refractivity contribution >= 4 is 23.6 Å². The Hall–Kier alpha value is -2.18. The second-order valence-corrected chi connectivity index (χ2v) is 5.08. The fourth-order valence-corrected chi connectivity index (χ4v) is 2.33. The molecule has 2 N–H and O–H groups in total. The molecule has 1 unspecified atom stereocenters. The van der Waals surface area contributed by atoms with Gasteiger partial charge < -0.3 is 10.2 Å². The van der Waals surface area contributed by atoms with E-state index < -0.39 is 0 Å². The van der Waals surface area contributed by atoms with Gasteiger partial charge in [0.15, 0.2) is 0 Å². The first-order valence-electron chi connectivity index (χ1n) is 7.25. The SMILES string of the molecule is CCCNc1nc(C)cc(N2CC(=O)NC(=O)C2CC)n1. The Morgan fingerprint density at radius 1 is 1.38 bits per heavy atom. The van der Waals surface area contributed by atoms with Gasteiger partial charge in [0, 0.05) is 18.3 Å². The van der Waals surface area contributed by atoms with E-state index in [9.17, 15) is 9.59 Å². The van der Waals surface area contributed by atoms with Crippen molar-refractivity contribution in [3.63, 3.8) is 0 Å². The Balaban J connectivity index is 2.31. The minimum atomic E-state index is -0.379. The van der Waals surface area contributed by atoms with Crippen LogP contribution in [0.25, 0.3) is 0 Å². The third-order valence-corrected chi connectivity index (χ3v) is 3.31. The van der Waals surface area contributed by atoms with Crippen molar-refractivity contribution in [3.8, 4) is 0 Å². The number of carbonyl (C=O) groups excluding carboxylic acids is 2. The van der Waals surface area contributed by atoms with Gasteiger partial charge >= 0.3 is 0 Å². The van der Waals surface area contributed by atoms with Crippen molar-refractivity contribution in [2.45, 2.75) is 39.7 Å². The highest BCUT2D eigenvalue weighted by molar-refractivity contribution is 6.04. The summed E-state index contributed by atoms with van der Waals surface area (Å²) >= 11 is 0. The molecule has 0 spiro atoms. The Labute approximate surface area is 124 Å². The normalized spacial score (nSPS) is 18.6. The van der Waals surface area contributed by atoms with E-state index in [1.165, 1.54) is 0 Å². The van der Waals surface area contributed by atoms with Crippen molar-refractivity contribution in [2.75, 3.05) is 23.3 Å². The number of rotatable bonds is 5. The van der Waals surface area contributed by atoms with Gasteiger partial charge in [-0.3, -0.25) is 14.9 Å². The number of aryl methyl sites for hydroxylation is 1. The molecule has 114 valence electrons. The lowest BCUT2D eigenvalue weighted by atomic mass is 10.1. The Kier molecular flexibility index (Phi) is 4.72. The number of aromatic nitrogens is 2. The lowest BCUT2D eigenvalue weighted by Crippen LogP contribution is -2.58. The number of anilines is 2. The average Bonchev–Trinajstić information content (AvgIpc) is 2.43. The fourth-order valence-electron chi connectivity index (χ4n) is 2.33. The molecule has 1 aromatic rings. The molecule has 1 atom stereocenters. The molecule has 0 aliphatic carbocycles. The highest BCUT2D eigenvalue weighted by Crippen LogP contribution is 2.20. The molecule has 2 amide bonds. The number of carbonyl (C=O) groups is 2. The summed E-state index contributed by atoms with van der Waals surface area (Å²) in [4.78, 5) is 34.1. The van der Waals surface area contributed by atoms with Gasteiger partial charge in [-0.1, -0.05) is 13.8 Å². The van der Waals surface area contributed by atoms with E-state index >= 15 is 0 Å². The van der Waals surface area contributed by atoms with Crippen LogP contribution in [0.1, 0.15) is 32.4 Å². The van der Waals surface area contributed by atoms with Crippen molar-refractivity contribution in [3.05, 3.63) is 11.8 Å². The van der Waals surface area contributed by atoms with Crippen LogP contribution >= 0.6 is 0 Å². The van der Waals surface area contributed by atoms with E-state index in [1.54, 1.807) is 11.0 Å². The maximum absolute atomic E-state index is 11.9. The maximum Gasteiger partial charge on any atom is 0.249 e. The summed E-state index contributed by atoms with van der Waals surface area (Å²) in [6.07, 6.45) is 1.58. The molecule has 7 nitrogen and oxygen atoms in total. The molecule has 1 aromatic heterocycles. The van der Waals surface area contributed by atoms with Crippen LogP contribution < -0.4 is 15.5 Å². The van der Waals surface area contributed by atoms with Gasteiger partial charge in [-0.15, -0.1) is 0 Å². The van der Waals surface area contributed by atoms with Crippen LogP contribution in [0, 0.1) is 6.92 Å². The van der Waals surface area contributed by atoms with Crippen LogP contribution in [-0.2, 0) is 9.59 Å². The molecule has 0 saturated carbocycles. The van der Waals surface area contributed by atoms with Gasteiger partial charge in [0.1, 0.15) is 11.9 Å². The smallest absolute Gasteiger partial charge is 0.249 e. The van der Waals surface area contributed by atoms with Crippen LogP contribution in [0.5, 0.6) is 0 Å². The number of hydrogen-bond donors (Lipinski definition) is 2. The lowest BCUT2D eigenvalue weighted by Gasteiger charge is -2.34. The number of nitrogens with zero attached hydrogens (tertiary/aromatic N) is 3. The van der Waals surface area contributed by atoms with Crippen LogP contribution in [0.2, 0.25) is 0 Å². The predicted octanol–water partition coefficient (Wildman–Crippen LogP) is 0.848. The van der Waals surface area contributed by atoms with Gasteiger partial charge in [0.2, 0.25) is 17.8 Å². The van der Waals surface area contributed by atoms with Gasteiger partial charge in [-0.05, 0) is 19.8 Å². The van der Waals surface area contributed by atoms with E-state index in [0.717, 1.165) is 18.7 Å². The Morgan fingerprint density at radius 2 is 2.14 bits per heavy atom. The summed E-state index contributed by atoms with van der Waals surface area (Å²) < 4.78 is 0. The third-order valence-electron chi connectivity index (χ3n) is 3.31. The number of imide groups is 1. The monoisotopic (exact) mass is 291 g/mol. The zero-order chi connectivity index (χ0) is 15.4. The van der Waals surface area contributed by atoms with Crippen molar-refractivity contribution in [2.24, 2.45) is 0 Å². The third kappa shape index (κ3) is 3.48. The van der Waals surface area contributed by atoms with Crippen molar-refractivity contribution in [1.29, 1.82) is 0 Å². The number of piperazine rings is 1. The minimum absolute atomic E-state index is 0.133. The Bertz CT molecular complexity index is 546. The summed E-state index contributed by atoms with van der Waals surface area (Å²) in [5, 5.41) is 5.50. The van der Waals surface area contributed by atoms with Crippen LogP contribution in [0.3, 0.4) is 0 Å². The molecule has 0 aromatic carbocycles. The topological polar surface area (TPSA) is 87.2 Å². The highest BCUT2D eigenvalue weighted by Gasteiger charge is 2.33. The molecule has 1 fully saturated rings. The van der Waals surface area contributed by atoms with Gasteiger partial charge in [0.25, 0.3) is 0 Å². The summed E-state index contributed by atoms with van der Waals surface area (Å²) in [5.74, 6) is 0.563. The molecule has 2 rings (SSSR count). The quantitative estimate of drug-likeness (QED) is 0.782. The number of nitrogens with one attached hydrogen (secondary N) is 2. The number of hydrogen-bond acceptors (Lipinski definition) is 6. The maximum atomic E-state index is 11.9. The average molecular weight is 291 g/mol. The fraction of sp³-hybridized carbons (Fsp3) is 0.571. The van der Waals surface area contributed by atoms with Crippen molar-refractivity contribution in [1.82, 2.24) is 15.3 Å². The van der Waals surface area contributed by atoms with Gasteiger partial charge in [-0.25, -0.2) is 4.98 Å². The molecule has 1 aliphatic heterocycles. The first-order chi connectivity index (χ1) is 10.0. The first kappa shape index (κ1) is 15.2. The van der Waals surface area contributed by atoms with E-state index in [4.69, 9.17) is 0 Å². The molecule has 7 heteroatoms.